The average molecular weight is 184 g/mol. The molecule has 13 heavy (non-hydrogen) atoms. The van der Waals surface area contributed by atoms with Crippen LogP contribution >= 0.6 is 0 Å². The maximum Gasteiger partial charge on any atom is 0.468 e. The molecule has 0 radical (unpaired) electrons. The van der Waals surface area contributed by atoms with Crippen molar-refractivity contribution in [3.05, 3.63) is 12.4 Å². The summed E-state index contributed by atoms with van der Waals surface area (Å²) >= 11 is 0. The predicted molar refractivity (Wildman–Crippen MR) is 47.0 cm³/mol. The van der Waals surface area contributed by atoms with Crippen LogP contribution in [0.15, 0.2) is 12.4 Å². The molecule has 0 amide bonds. The molecule has 0 fully saturated rings. The van der Waals surface area contributed by atoms with Crippen LogP contribution in [-0.4, -0.2) is 16.4 Å². The molecule has 1 aromatic rings. The van der Waals surface area contributed by atoms with E-state index in [1.54, 1.807) is 20.8 Å². The molecule has 5 heteroatoms. The van der Waals surface area contributed by atoms with E-state index in [-0.39, 0.29) is 0 Å². The monoisotopic (exact) mass is 184 g/mol. The van der Waals surface area contributed by atoms with E-state index in [0.29, 0.717) is 5.69 Å². The van der Waals surface area contributed by atoms with Crippen molar-refractivity contribution >= 4 is 11.8 Å². The third-order valence-electron chi connectivity index (χ3n) is 1.24. The van der Waals surface area contributed by atoms with E-state index in [4.69, 9.17) is 10.5 Å². The van der Waals surface area contributed by atoms with Crippen LogP contribution in [0.3, 0.4) is 0 Å². The summed E-state index contributed by atoms with van der Waals surface area (Å²) in [6.07, 6.45) is 2.52. The lowest BCUT2D eigenvalue weighted by Gasteiger charge is -2.17. The SMILES string of the molecule is CC(C)(C)OC(=O)n1cc(N)c[nH+]1. The lowest BCUT2D eigenvalue weighted by Crippen LogP contribution is -2.32. The number of hydrogen-bond donors (Lipinski definition) is 1. The molecule has 3 N–H and O–H groups in total. The molecule has 0 aliphatic heterocycles. The number of carbonyl (C=O) groups excluding carboxylic acids is 1. The fraction of sp³-hybridized carbons (Fsp3) is 0.500. The molecule has 72 valence electrons. The van der Waals surface area contributed by atoms with Crippen LogP contribution in [0.1, 0.15) is 20.8 Å². The number of aromatic nitrogens is 2. The molecule has 1 heterocycles. The molecule has 0 unspecified atom stereocenters. The van der Waals surface area contributed by atoms with Gasteiger partial charge < -0.3 is 10.5 Å². The average Bonchev–Trinajstić information content (AvgIpc) is 2.31. The number of nitrogens with one attached hydrogen (secondary N) is 1. The summed E-state index contributed by atoms with van der Waals surface area (Å²) in [6, 6.07) is 0. The minimum atomic E-state index is -0.496. The number of hydrogen-bond acceptors (Lipinski definition) is 3. The second-order valence-electron chi connectivity index (χ2n) is 3.75. The second-order valence-corrected chi connectivity index (χ2v) is 3.75. The minimum Gasteiger partial charge on any atom is -0.440 e. The van der Waals surface area contributed by atoms with Gasteiger partial charge in [-0.2, -0.15) is 0 Å². The molecule has 5 nitrogen and oxygen atoms in total. The molecule has 0 saturated carbocycles. The molecule has 0 aliphatic rings. The number of H-pyrrole nitrogens is 1. The third-order valence-corrected chi connectivity index (χ3v) is 1.24. The van der Waals surface area contributed by atoms with Crippen LogP contribution < -0.4 is 10.8 Å². The Balaban J connectivity index is 2.70. The fourth-order valence-corrected chi connectivity index (χ4v) is 0.784. The highest BCUT2D eigenvalue weighted by Gasteiger charge is 2.20. The van der Waals surface area contributed by atoms with Gasteiger partial charge in [-0.25, -0.2) is 4.79 Å². The Kier molecular flexibility index (Phi) is 2.27. The number of anilines is 1. The molecule has 0 spiro atoms. The zero-order valence-electron chi connectivity index (χ0n) is 8.00. The summed E-state index contributed by atoms with van der Waals surface area (Å²) < 4.78 is 6.27. The van der Waals surface area contributed by atoms with E-state index >= 15 is 0 Å². The van der Waals surface area contributed by atoms with Gasteiger partial charge in [0.2, 0.25) is 6.20 Å². The van der Waals surface area contributed by atoms with Crippen LogP contribution in [-0.2, 0) is 4.74 Å². The molecule has 1 rings (SSSR count). The van der Waals surface area contributed by atoms with E-state index in [1.165, 1.54) is 17.1 Å². The standard InChI is InChI=1S/C8H13N3O2/c1-8(2,3)13-7(12)11-5-6(9)4-10-11/h4-5H,9H2,1-3H3/p+1. The Morgan fingerprint density at radius 2 is 2.23 bits per heavy atom. The molecule has 0 aromatic carbocycles. The lowest BCUT2D eigenvalue weighted by molar-refractivity contribution is -0.473. The smallest absolute Gasteiger partial charge is 0.440 e. The van der Waals surface area contributed by atoms with Gasteiger partial charge in [0.1, 0.15) is 17.5 Å². The lowest BCUT2D eigenvalue weighted by atomic mass is 10.2. The number of nitrogens with two attached hydrogens (primary N) is 1. The fourth-order valence-electron chi connectivity index (χ4n) is 0.784. The van der Waals surface area contributed by atoms with Crippen molar-refractivity contribution in [1.82, 2.24) is 4.68 Å². The molecule has 0 bridgehead atoms. The number of ether oxygens (including phenoxy) is 1. The molecule has 1 aromatic heterocycles. The Morgan fingerprint density at radius 3 is 2.62 bits per heavy atom. The first-order chi connectivity index (χ1) is 5.88. The van der Waals surface area contributed by atoms with Gasteiger partial charge >= 0.3 is 6.09 Å². The highest BCUT2D eigenvalue weighted by Crippen LogP contribution is 2.08. The highest BCUT2D eigenvalue weighted by molar-refractivity contribution is 5.69. The van der Waals surface area contributed by atoms with Crippen LogP contribution in [0.4, 0.5) is 10.5 Å². The van der Waals surface area contributed by atoms with E-state index in [9.17, 15) is 4.79 Å². The second kappa shape index (κ2) is 3.08. The van der Waals surface area contributed by atoms with Gasteiger partial charge in [0.25, 0.3) is 0 Å². The van der Waals surface area contributed by atoms with Gasteiger partial charge in [-0.1, -0.05) is 4.68 Å². The molecular weight excluding hydrogens is 170 g/mol. The Hall–Kier alpha value is -1.52. The highest BCUT2D eigenvalue weighted by atomic mass is 16.6. The number of nitrogens with zero attached hydrogens (tertiary/aromatic N) is 1. The summed E-state index contributed by atoms with van der Waals surface area (Å²) in [5, 5.41) is 2.64. The quantitative estimate of drug-likeness (QED) is 0.644. The summed E-state index contributed by atoms with van der Waals surface area (Å²) in [6.45, 7) is 5.41. The zero-order valence-corrected chi connectivity index (χ0v) is 8.00. The van der Waals surface area contributed by atoms with Crippen LogP contribution in [0.2, 0.25) is 0 Å². The first kappa shape index (κ1) is 9.57. The van der Waals surface area contributed by atoms with Crippen molar-refractivity contribution in [1.29, 1.82) is 0 Å². The summed E-state index contributed by atoms with van der Waals surface area (Å²) in [4.78, 5) is 11.3. The van der Waals surface area contributed by atoms with Crippen LogP contribution in [0.25, 0.3) is 0 Å². The Morgan fingerprint density at radius 1 is 1.62 bits per heavy atom. The number of rotatable bonds is 0. The first-order valence-corrected chi connectivity index (χ1v) is 3.97. The third kappa shape index (κ3) is 2.77. The maximum atomic E-state index is 11.3. The largest absolute Gasteiger partial charge is 0.468 e. The van der Waals surface area contributed by atoms with Gasteiger partial charge in [-0.05, 0) is 20.8 Å². The van der Waals surface area contributed by atoms with Gasteiger partial charge in [0, 0.05) is 0 Å². The topological polar surface area (TPSA) is 71.4 Å². The van der Waals surface area contributed by atoms with Crippen molar-refractivity contribution in [2.75, 3.05) is 5.73 Å². The zero-order chi connectivity index (χ0) is 10.1. The minimum absolute atomic E-state index is 0.468. The van der Waals surface area contributed by atoms with Gasteiger partial charge in [0.05, 0.1) is 0 Å². The Bertz CT molecular complexity index is 311. The van der Waals surface area contributed by atoms with Gasteiger partial charge in [-0.15, -0.1) is 5.10 Å². The number of nitrogen functional groups attached to an aromatic ring is 1. The molecule has 0 aliphatic carbocycles. The predicted octanol–water partition coefficient (Wildman–Crippen LogP) is 0.668. The van der Waals surface area contributed by atoms with Crippen molar-refractivity contribution in [2.45, 2.75) is 26.4 Å². The van der Waals surface area contributed by atoms with Gasteiger partial charge in [-0.3, -0.25) is 0 Å². The summed E-state index contributed by atoms with van der Waals surface area (Å²) in [5.41, 5.74) is 5.42. The van der Waals surface area contributed by atoms with Crippen molar-refractivity contribution in [2.24, 2.45) is 0 Å². The van der Waals surface area contributed by atoms with Crippen LogP contribution in [0, 0.1) is 0 Å². The van der Waals surface area contributed by atoms with Crippen molar-refractivity contribution in [3.63, 3.8) is 0 Å². The summed E-state index contributed by atoms with van der Waals surface area (Å²) in [5.74, 6) is 0. The molecular formula is C8H14N3O2+. The first-order valence-electron chi connectivity index (χ1n) is 3.97. The van der Waals surface area contributed by atoms with E-state index in [1.807, 2.05) is 0 Å². The van der Waals surface area contributed by atoms with Gasteiger partial charge in [0.15, 0.2) is 0 Å². The number of carbonyl (C=O) groups is 1. The van der Waals surface area contributed by atoms with Crippen LogP contribution in [0.5, 0.6) is 0 Å². The van der Waals surface area contributed by atoms with Crippen molar-refractivity contribution in [3.8, 4) is 0 Å². The summed E-state index contributed by atoms with van der Waals surface area (Å²) in [7, 11) is 0. The number of aromatic amines is 1. The van der Waals surface area contributed by atoms with E-state index in [0.717, 1.165) is 0 Å². The van der Waals surface area contributed by atoms with E-state index < -0.39 is 11.7 Å². The molecule has 0 atom stereocenters. The maximum absolute atomic E-state index is 11.3. The van der Waals surface area contributed by atoms with E-state index in [2.05, 4.69) is 5.10 Å². The molecule has 0 saturated heterocycles. The van der Waals surface area contributed by atoms with Crippen molar-refractivity contribution < 1.29 is 14.6 Å². The Labute approximate surface area is 76.5 Å². The normalized spacial score (nSPS) is 11.3.